The number of H-pyrrole nitrogens is 1. The highest BCUT2D eigenvalue weighted by Gasteiger charge is 2.26. The van der Waals surface area contributed by atoms with Gasteiger partial charge in [-0.05, 0) is 32.6 Å². The molecule has 2 N–H and O–H groups in total. The van der Waals surface area contributed by atoms with E-state index in [1.165, 1.54) is 0 Å². The first-order valence-electron chi connectivity index (χ1n) is 8.85. The summed E-state index contributed by atoms with van der Waals surface area (Å²) in [5.41, 5.74) is -0.225. The van der Waals surface area contributed by atoms with Crippen molar-refractivity contribution < 1.29 is 9.59 Å². The van der Waals surface area contributed by atoms with Gasteiger partial charge in [-0.25, -0.2) is 0 Å². The first kappa shape index (κ1) is 17.3. The molecule has 2 aliphatic rings. The summed E-state index contributed by atoms with van der Waals surface area (Å²) in [5.74, 6) is -0.441. The zero-order chi connectivity index (χ0) is 18.0. The van der Waals surface area contributed by atoms with Gasteiger partial charge in [-0.1, -0.05) is 6.92 Å². The topological polar surface area (TPSA) is 108 Å². The van der Waals surface area contributed by atoms with Crippen LogP contribution in [0, 0.1) is 0 Å². The largest absolute Gasteiger partial charge is 0.353 e. The summed E-state index contributed by atoms with van der Waals surface area (Å²) in [4.78, 5) is 50.0. The predicted molar refractivity (Wildman–Crippen MR) is 92.6 cm³/mol. The van der Waals surface area contributed by atoms with Crippen LogP contribution in [0.25, 0.3) is 5.57 Å². The van der Waals surface area contributed by atoms with Gasteiger partial charge >= 0.3 is 0 Å². The molecule has 0 aliphatic carbocycles. The number of fused-ring (bicyclic) bond motifs is 1. The van der Waals surface area contributed by atoms with E-state index in [0.717, 1.165) is 32.2 Å². The fraction of sp³-hybridized carbons (Fsp3) is 0.588. The number of hydrogen-bond donors (Lipinski definition) is 2. The molecule has 2 amide bonds. The van der Waals surface area contributed by atoms with Gasteiger partial charge in [-0.2, -0.15) is 9.98 Å². The minimum absolute atomic E-state index is 0.0525. The van der Waals surface area contributed by atoms with E-state index in [9.17, 15) is 14.4 Å². The van der Waals surface area contributed by atoms with Gasteiger partial charge in [-0.3, -0.25) is 19.4 Å². The number of amides is 2. The highest BCUT2D eigenvalue weighted by molar-refractivity contribution is 6.17. The van der Waals surface area contributed by atoms with Crippen LogP contribution in [-0.4, -0.2) is 40.9 Å². The number of aromatic nitrogens is 2. The normalized spacial score (nSPS) is 20.1. The third-order valence-electron chi connectivity index (χ3n) is 4.73. The molecule has 3 heterocycles. The molecular weight excluding hydrogens is 322 g/mol. The number of aromatic amines is 1. The molecule has 2 aliphatic heterocycles. The van der Waals surface area contributed by atoms with Gasteiger partial charge in [0.2, 0.25) is 11.9 Å². The Morgan fingerprint density at radius 3 is 2.84 bits per heavy atom. The van der Waals surface area contributed by atoms with Crippen molar-refractivity contribution in [2.45, 2.75) is 52.0 Å². The molecule has 3 rings (SSSR count). The molecular formula is C17H23N5O3. The Bertz CT molecular complexity index is 873. The molecule has 1 saturated heterocycles. The molecule has 0 bridgehead atoms. The number of hydrogen-bond acceptors (Lipinski definition) is 5. The van der Waals surface area contributed by atoms with E-state index in [1.807, 2.05) is 0 Å². The molecule has 0 saturated carbocycles. The Hall–Kier alpha value is -2.51. The molecule has 0 aromatic carbocycles. The first-order chi connectivity index (χ1) is 12.0. The third kappa shape index (κ3) is 3.33. The van der Waals surface area contributed by atoms with Crippen LogP contribution < -0.4 is 26.5 Å². The van der Waals surface area contributed by atoms with Crippen molar-refractivity contribution in [2.75, 3.05) is 18.0 Å². The maximum atomic E-state index is 12.7. The second-order valence-electron chi connectivity index (χ2n) is 6.36. The highest BCUT2D eigenvalue weighted by atomic mass is 16.2. The van der Waals surface area contributed by atoms with Crippen molar-refractivity contribution in [2.24, 2.45) is 4.99 Å². The van der Waals surface area contributed by atoms with E-state index in [1.54, 1.807) is 6.92 Å². The number of anilines is 1. The Balaban J connectivity index is 2.16. The lowest BCUT2D eigenvalue weighted by molar-refractivity contribution is -0.120. The van der Waals surface area contributed by atoms with Crippen LogP contribution >= 0.6 is 0 Å². The fourth-order valence-electron chi connectivity index (χ4n) is 3.50. The Morgan fingerprint density at radius 1 is 1.32 bits per heavy atom. The third-order valence-corrected chi connectivity index (χ3v) is 4.73. The van der Waals surface area contributed by atoms with Crippen LogP contribution in [0.1, 0.15) is 46.0 Å². The molecule has 0 spiro atoms. The van der Waals surface area contributed by atoms with Gasteiger partial charge in [0.15, 0.2) is 5.49 Å². The SMILES string of the molecule is CCNC(=O)C1=c2c(nc(N3CCCCC3CC)[nH]c2=O)=NC(=O)C1. The minimum Gasteiger partial charge on any atom is -0.353 e. The van der Waals surface area contributed by atoms with Gasteiger partial charge in [0.1, 0.15) is 0 Å². The van der Waals surface area contributed by atoms with Crippen molar-refractivity contribution >= 4 is 23.3 Å². The quantitative estimate of drug-likeness (QED) is 0.756. The van der Waals surface area contributed by atoms with Crippen LogP contribution in [-0.2, 0) is 9.59 Å². The number of nitrogens with zero attached hydrogens (tertiary/aromatic N) is 3. The zero-order valence-corrected chi connectivity index (χ0v) is 14.6. The number of nitrogens with one attached hydrogen (secondary N) is 2. The zero-order valence-electron chi connectivity index (χ0n) is 14.6. The monoisotopic (exact) mass is 345 g/mol. The Kier molecular flexibility index (Phi) is 4.96. The van der Waals surface area contributed by atoms with E-state index in [0.29, 0.717) is 18.5 Å². The molecule has 1 aromatic heterocycles. The standard InChI is InChI=1S/C17H23N5O3/c1-3-10-7-5-6-8-22(10)17-20-14-13(16(25)21-17)11(9-12(23)19-14)15(24)18-4-2/h10H,3-9H2,1-2H3,(H,18,24)(H,19,20,21,23,25). The van der Waals surface area contributed by atoms with Crippen LogP contribution in [0.2, 0.25) is 0 Å². The summed E-state index contributed by atoms with van der Waals surface area (Å²) < 4.78 is 0. The summed E-state index contributed by atoms with van der Waals surface area (Å²) in [5, 5.41) is 2.75. The minimum atomic E-state index is -0.455. The van der Waals surface area contributed by atoms with Crippen LogP contribution in [0.5, 0.6) is 0 Å². The second kappa shape index (κ2) is 7.16. The molecule has 25 heavy (non-hydrogen) atoms. The number of rotatable bonds is 4. The maximum Gasteiger partial charge on any atom is 0.262 e. The molecule has 1 atom stereocenters. The van der Waals surface area contributed by atoms with E-state index in [4.69, 9.17) is 0 Å². The molecule has 8 nitrogen and oxygen atoms in total. The van der Waals surface area contributed by atoms with Crippen LogP contribution in [0.4, 0.5) is 5.95 Å². The highest BCUT2D eigenvalue weighted by Crippen LogP contribution is 2.22. The van der Waals surface area contributed by atoms with E-state index >= 15 is 0 Å². The van der Waals surface area contributed by atoms with Gasteiger partial charge in [0.25, 0.3) is 11.5 Å². The fourth-order valence-corrected chi connectivity index (χ4v) is 3.50. The predicted octanol–water partition coefficient (Wildman–Crippen LogP) is -0.624. The average Bonchev–Trinajstić information content (AvgIpc) is 2.60. The smallest absolute Gasteiger partial charge is 0.262 e. The molecule has 1 unspecified atom stereocenters. The van der Waals surface area contributed by atoms with Gasteiger partial charge < -0.3 is 10.2 Å². The number of carbonyl (C=O) groups is 2. The van der Waals surface area contributed by atoms with Crippen molar-refractivity contribution in [1.82, 2.24) is 15.3 Å². The molecule has 8 heteroatoms. The van der Waals surface area contributed by atoms with E-state index in [-0.39, 0.29) is 22.7 Å². The van der Waals surface area contributed by atoms with Gasteiger partial charge in [-0.15, -0.1) is 0 Å². The van der Waals surface area contributed by atoms with Crippen LogP contribution in [0.15, 0.2) is 9.79 Å². The Morgan fingerprint density at radius 2 is 2.12 bits per heavy atom. The summed E-state index contributed by atoms with van der Waals surface area (Å²) >= 11 is 0. The Labute approximate surface area is 145 Å². The van der Waals surface area contributed by atoms with E-state index in [2.05, 4.69) is 32.1 Å². The lowest BCUT2D eigenvalue weighted by Crippen LogP contribution is -2.52. The molecule has 0 radical (unpaired) electrons. The number of carbonyl (C=O) groups excluding carboxylic acids is 2. The van der Waals surface area contributed by atoms with Crippen molar-refractivity contribution in [3.05, 3.63) is 21.1 Å². The van der Waals surface area contributed by atoms with Crippen molar-refractivity contribution in [3.63, 3.8) is 0 Å². The van der Waals surface area contributed by atoms with Crippen LogP contribution in [0.3, 0.4) is 0 Å². The van der Waals surface area contributed by atoms with E-state index < -0.39 is 17.4 Å². The summed E-state index contributed by atoms with van der Waals surface area (Å²) in [6.07, 6.45) is 4.01. The first-order valence-corrected chi connectivity index (χ1v) is 8.85. The molecule has 1 aromatic rings. The molecule has 134 valence electrons. The number of piperidine rings is 1. The maximum absolute atomic E-state index is 12.7. The average molecular weight is 345 g/mol. The van der Waals surface area contributed by atoms with Gasteiger partial charge in [0.05, 0.1) is 11.6 Å². The summed E-state index contributed by atoms with van der Waals surface area (Å²) in [6.45, 7) is 5.11. The van der Waals surface area contributed by atoms with Crippen molar-refractivity contribution in [1.29, 1.82) is 0 Å². The molecule has 1 fully saturated rings. The van der Waals surface area contributed by atoms with Crippen molar-refractivity contribution in [3.8, 4) is 0 Å². The summed E-state index contributed by atoms with van der Waals surface area (Å²) in [6, 6.07) is 0.307. The lowest BCUT2D eigenvalue weighted by Gasteiger charge is -2.35. The second-order valence-corrected chi connectivity index (χ2v) is 6.36. The summed E-state index contributed by atoms with van der Waals surface area (Å²) in [7, 11) is 0. The van der Waals surface area contributed by atoms with Gasteiger partial charge in [0, 0.05) is 24.7 Å². The lowest BCUT2D eigenvalue weighted by atomic mass is 10.0.